The number of esters is 1. The zero-order valence-electron chi connectivity index (χ0n) is 13.5. The van der Waals surface area contributed by atoms with Gasteiger partial charge in [-0.15, -0.1) is 0 Å². The standard InChI is InChI=1S/C16H32N2O2/c1-4-9-14-10-7-8-12-18(14)13-15(17-11-5-2)16(19)20-6-3/h14-15,17H,4-13H2,1-3H3. The number of carbonyl (C=O) groups is 1. The van der Waals surface area contributed by atoms with Gasteiger partial charge in [0, 0.05) is 12.6 Å². The molecule has 1 fully saturated rings. The van der Waals surface area contributed by atoms with Crippen molar-refractivity contribution in [3.8, 4) is 0 Å². The van der Waals surface area contributed by atoms with Crippen molar-refractivity contribution in [1.29, 1.82) is 0 Å². The van der Waals surface area contributed by atoms with Crippen molar-refractivity contribution >= 4 is 5.97 Å². The van der Waals surface area contributed by atoms with Crippen molar-refractivity contribution in [2.75, 3.05) is 26.2 Å². The molecule has 0 aromatic carbocycles. The van der Waals surface area contributed by atoms with Crippen molar-refractivity contribution in [1.82, 2.24) is 10.2 Å². The molecule has 4 heteroatoms. The van der Waals surface area contributed by atoms with E-state index in [0.29, 0.717) is 12.6 Å². The van der Waals surface area contributed by atoms with Crippen LogP contribution in [0.15, 0.2) is 0 Å². The van der Waals surface area contributed by atoms with Gasteiger partial charge in [0.05, 0.1) is 6.61 Å². The van der Waals surface area contributed by atoms with Crippen molar-refractivity contribution in [3.63, 3.8) is 0 Å². The molecule has 1 aliphatic rings. The number of carbonyl (C=O) groups excluding carboxylic acids is 1. The quantitative estimate of drug-likeness (QED) is 0.661. The van der Waals surface area contributed by atoms with Gasteiger partial charge < -0.3 is 10.1 Å². The van der Waals surface area contributed by atoms with Gasteiger partial charge in [-0.2, -0.15) is 0 Å². The number of ether oxygens (including phenoxy) is 1. The largest absolute Gasteiger partial charge is 0.465 e. The fourth-order valence-electron chi connectivity index (χ4n) is 2.98. The predicted octanol–water partition coefficient (Wildman–Crippen LogP) is 2.57. The Balaban J connectivity index is 2.58. The summed E-state index contributed by atoms with van der Waals surface area (Å²) >= 11 is 0. The van der Waals surface area contributed by atoms with Crippen molar-refractivity contribution in [3.05, 3.63) is 0 Å². The molecule has 0 aromatic rings. The van der Waals surface area contributed by atoms with Gasteiger partial charge in [0.2, 0.25) is 0 Å². The first-order valence-electron chi connectivity index (χ1n) is 8.36. The molecule has 0 radical (unpaired) electrons. The molecule has 0 saturated carbocycles. The molecule has 1 N–H and O–H groups in total. The minimum Gasteiger partial charge on any atom is -0.465 e. The van der Waals surface area contributed by atoms with Crippen LogP contribution in [0.4, 0.5) is 0 Å². The first kappa shape index (κ1) is 17.4. The molecule has 0 bridgehead atoms. The molecule has 2 atom stereocenters. The van der Waals surface area contributed by atoms with E-state index in [-0.39, 0.29) is 12.0 Å². The normalized spacial score (nSPS) is 21.6. The number of nitrogens with one attached hydrogen (secondary N) is 1. The molecule has 1 rings (SSSR count). The molecule has 0 amide bonds. The molecular formula is C16H32N2O2. The lowest BCUT2D eigenvalue weighted by Crippen LogP contribution is -2.51. The number of hydrogen-bond donors (Lipinski definition) is 1. The summed E-state index contributed by atoms with van der Waals surface area (Å²) in [5.74, 6) is -0.0956. The molecule has 0 aliphatic carbocycles. The van der Waals surface area contributed by atoms with E-state index >= 15 is 0 Å². The predicted molar refractivity (Wildman–Crippen MR) is 82.8 cm³/mol. The van der Waals surface area contributed by atoms with Crippen LogP contribution in [0, 0.1) is 0 Å². The number of nitrogens with zero attached hydrogens (tertiary/aromatic N) is 1. The maximum Gasteiger partial charge on any atom is 0.324 e. The smallest absolute Gasteiger partial charge is 0.324 e. The molecule has 1 saturated heterocycles. The fraction of sp³-hybridized carbons (Fsp3) is 0.938. The highest BCUT2D eigenvalue weighted by Crippen LogP contribution is 2.21. The van der Waals surface area contributed by atoms with Gasteiger partial charge in [0.1, 0.15) is 6.04 Å². The van der Waals surface area contributed by atoms with Gasteiger partial charge in [-0.25, -0.2) is 0 Å². The third kappa shape index (κ3) is 5.80. The summed E-state index contributed by atoms with van der Waals surface area (Å²) in [6, 6.07) is 0.474. The van der Waals surface area contributed by atoms with Gasteiger partial charge in [0.15, 0.2) is 0 Å². The van der Waals surface area contributed by atoms with Crippen LogP contribution in [0.3, 0.4) is 0 Å². The Morgan fingerprint density at radius 3 is 2.75 bits per heavy atom. The lowest BCUT2D eigenvalue weighted by molar-refractivity contribution is -0.146. The van der Waals surface area contributed by atoms with E-state index in [0.717, 1.165) is 26.1 Å². The van der Waals surface area contributed by atoms with Crippen LogP contribution in [0.2, 0.25) is 0 Å². The maximum absolute atomic E-state index is 12.1. The van der Waals surface area contributed by atoms with E-state index in [1.165, 1.54) is 32.1 Å². The summed E-state index contributed by atoms with van der Waals surface area (Å²) in [7, 11) is 0. The van der Waals surface area contributed by atoms with Crippen LogP contribution in [-0.4, -0.2) is 49.2 Å². The van der Waals surface area contributed by atoms with Gasteiger partial charge in [-0.3, -0.25) is 9.69 Å². The summed E-state index contributed by atoms with van der Waals surface area (Å²) in [6.07, 6.45) is 7.35. The molecule has 118 valence electrons. The topological polar surface area (TPSA) is 41.6 Å². The SMILES string of the molecule is CCCNC(CN1CCCCC1CCC)C(=O)OCC. The maximum atomic E-state index is 12.1. The summed E-state index contributed by atoms with van der Waals surface area (Å²) in [4.78, 5) is 14.6. The average molecular weight is 284 g/mol. The van der Waals surface area contributed by atoms with Crippen LogP contribution in [-0.2, 0) is 9.53 Å². The van der Waals surface area contributed by atoms with Gasteiger partial charge >= 0.3 is 5.97 Å². The Labute approximate surface area is 124 Å². The third-order valence-electron chi connectivity index (χ3n) is 4.00. The van der Waals surface area contributed by atoms with Gasteiger partial charge in [-0.05, 0) is 45.7 Å². The van der Waals surface area contributed by atoms with E-state index < -0.39 is 0 Å². The van der Waals surface area contributed by atoms with Crippen LogP contribution < -0.4 is 5.32 Å². The second-order valence-corrected chi connectivity index (χ2v) is 5.69. The van der Waals surface area contributed by atoms with Crippen molar-refractivity contribution < 1.29 is 9.53 Å². The summed E-state index contributed by atoms with van der Waals surface area (Å²) in [6.45, 7) is 9.48. The van der Waals surface area contributed by atoms with E-state index in [9.17, 15) is 4.79 Å². The first-order chi connectivity index (χ1) is 9.72. The zero-order valence-corrected chi connectivity index (χ0v) is 13.5. The molecular weight excluding hydrogens is 252 g/mol. The molecule has 2 unspecified atom stereocenters. The van der Waals surface area contributed by atoms with Crippen LogP contribution >= 0.6 is 0 Å². The fourth-order valence-corrected chi connectivity index (χ4v) is 2.98. The summed E-state index contributed by atoms with van der Waals surface area (Å²) < 4.78 is 5.21. The average Bonchev–Trinajstić information content (AvgIpc) is 2.45. The van der Waals surface area contributed by atoms with E-state index in [4.69, 9.17) is 4.74 Å². The van der Waals surface area contributed by atoms with Crippen LogP contribution in [0.25, 0.3) is 0 Å². The van der Waals surface area contributed by atoms with E-state index in [1.807, 2.05) is 6.92 Å². The molecule has 1 aliphatic heterocycles. The zero-order chi connectivity index (χ0) is 14.8. The lowest BCUT2D eigenvalue weighted by Gasteiger charge is -2.37. The van der Waals surface area contributed by atoms with Crippen LogP contribution in [0.1, 0.15) is 59.3 Å². The minimum absolute atomic E-state index is 0.0956. The minimum atomic E-state index is -0.174. The Bertz CT molecular complexity index is 269. The second kappa shape index (κ2) is 10.2. The Morgan fingerprint density at radius 1 is 1.30 bits per heavy atom. The second-order valence-electron chi connectivity index (χ2n) is 5.69. The van der Waals surface area contributed by atoms with Crippen molar-refractivity contribution in [2.24, 2.45) is 0 Å². The highest BCUT2D eigenvalue weighted by molar-refractivity contribution is 5.76. The Hall–Kier alpha value is -0.610. The first-order valence-corrected chi connectivity index (χ1v) is 8.36. The number of piperidine rings is 1. The van der Waals surface area contributed by atoms with E-state index in [1.54, 1.807) is 0 Å². The van der Waals surface area contributed by atoms with Gasteiger partial charge in [-0.1, -0.05) is 26.7 Å². The van der Waals surface area contributed by atoms with Gasteiger partial charge in [0.25, 0.3) is 0 Å². The monoisotopic (exact) mass is 284 g/mol. The molecule has 1 heterocycles. The lowest BCUT2D eigenvalue weighted by atomic mass is 9.97. The highest BCUT2D eigenvalue weighted by Gasteiger charge is 2.27. The molecule has 0 aromatic heterocycles. The number of rotatable bonds is 9. The Kier molecular flexibility index (Phi) is 8.86. The number of hydrogen-bond acceptors (Lipinski definition) is 4. The van der Waals surface area contributed by atoms with E-state index in [2.05, 4.69) is 24.1 Å². The number of likely N-dealkylation sites (tertiary alicyclic amines) is 1. The molecule has 0 spiro atoms. The summed E-state index contributed by atoms with van der Waals surface area (Å²) in [5.41, 5.74) is 0. The highest BCUT2D eigenvalue weighted by atomic mass is 16.5. The van der Waals surface area contributed by atoms with Crippen LogP contribution in [0.5, 0.6) is 0 Å². The summed E-state index contributed by atoms with van der Waals surface area (Å²) in [5, 5.41) is 3.35. The molecule has 4 nitrogen and oxygen atoms in total. The Morgan fingerprint density at radius 2 is 2.10 bits per heavy atom. The molecule has 20 heavy (non-hydrogen) atoms. The third-order valence-corrected chi connectivity index (χ3v) is 4.00. The van der Waals surface area contributed by atoms with Crippen molar-refractivity contribution in [2.45, 2.75) is 71.4 Å².